The van der Waals surface area contributed by atoms with Crippen LogP contribution >= 0.6 is 0 Å². The Balaban J connectivity index is 3.69. The van der Waals surface area contributed by atoms with Gasteiger partial charge in [-0.3, -0.25) is 0 Å². The van der Waals surface area contributed by atoms with Crippen LogP contribution in [-0.4, -0.2) is 33.6 Å². The van der Waals surface area contributed by atoms with Gasteiger partial charge in [0.25, 0.3) is 0 Å². The molecule has 0 spiro atoms. The molecule has 3 nitrogen and oxygen atoms in total. The third kappa shape index (κ3) is 2.64. The van der Waals surface area contributed by atoms with Crippen molar-refractivity contribution in [3.63, 3.8) is 0 Å². The summed E-state index contributed by atoms with van der Waals surface area (Å²) in [6.45, 7) is 3.52. The fraction of sp³-hybridized carbons (Fsp3) is 1.00. The minimum Gasteiger partial charge on any atom is -0.390 e. The molecule has 0 aliphatic rings. The molecule has 3 N–H and O–H groups in total. The average molecular weight is 148 g/mol. The van der Waals surface area contributed by atoms with E-state index in [1.165, 1.54) is 0 Å². The molecule has 0 unspecified atom stereocenters. The molecule has 0 bridgehead atoms. The van der Waals surface area contributed by atoms with Crippen molar-refractivity contribution in [1.29, 1.82) is 0 Å². The van der Waals surface area contributed by atoms with Crippen molar-refractivity contribution in [2.75, 3.05) is 0 Å². The highest BCUT2D eigenvalue weighted by Gasteiger charge is 2.20. The van der Waals surface area contributed by atoms with Crippen LogP contribution in [0.5, 0.6) is 0 Å². The summed E-state index contributed by atoms with van der Waals surface area (Å²) in [6.07, 6.45) is -1.64. The second-order valence-electron chi connectivity index (χ2n) is 2.44. The van der Waals surface area contributed by atoms with Crippen LogP contribution in [0, 0.1) is 0 Å². The predicted molar refractivity (Wildman–Crippen MR) is 38.6 cm³/mol. The fourth-order valence-corrected chi connectivity index (χ4v) is 0.739. The third-order valence-corrected chi connectivity index (χ3v) is 1.63. The maximum Gasteiger partial charge on any atom is 0.106 e. The Bertz CT molecular complexity index is 74.9. The van der Waals surface area contributed by atoms with Crippen LogP contribution in [-0.2, 0) is 0 Å². The highest BCUT2D eigenvalue weighted by Crippen LogP contribution is 2.05. The van der Waals surface area contributed by atoms with Gasteiger partial charge in [-0.05, 0) is 12.8 Å². The quantitative estimate of drug-likeness (QED) is 0.521. The Kier molecular flexibility index (Phi) is 4.60. The molecule has 10 heavy (non-hydrogen) atoms. The van der Waals surface area contributed by atoms with E-state index in [9.17, 15) is 0 Å². The highest BCUT2D eigenvalue weighted by molar-refractivity contribution is 4.72. The van der Waals surface area contributed by atoms with E-state index in [1.54, 1.807) is 13.8 Å². The van der Waals surface area contributed by atoms with Crippen LogP contribution in [0.25, 0.3) is 0 Å². The Morgan fingerprint density at radius 3 is 1.40 bits per heavy atom. The van der Waals surface area contributed by atoms with Crippen molar-refractivity contribution in [1.82, 2.24) is 0 Å². The lowest BCUT2D eigenvalue weighted by molar-refractivity contribution is -0.0606. The van der Waals surface area contributed by atoms with Crippen LogP contribution in [0.3, 0.4) is 0 Å². The first-order chi connectivity index (χ1) is 4.63. The van der Waals surface area contributed by atoms with Crippen molar-refractivity contribution in [2.45, 2.75) is 45.0 Å². The molecule has 0 aromatic carbocycles. The van der Waals surface area contributed by atoms with Crippen molar-refractivity contribution < 1.29 is 15.3 Å². The maximum atomic E-state index is 9.09. The van der Waals surface area contributed by atoms with E-state index in [0.717, 1.165) is 0 Å². The fourth-order valence-electron chi connectivity index (χ4n) is 0.739. The normalized spacial score (nSPS) is 20.1. The summed E-state index contributed by atoms with van der Waals surface area (Å²) < 4.78 is 0. The Labute approximate surface area is 61.3 Å². The van der Waals surface area contributed by atoms with Crippen molar-refractivity contribution in [3.8, 4) is 0 Å². The van der Waals surface area contributed by atoms with Gasteiger partial charge in [-0.1, -0.05) is 13.8 Å². The molecular formula is C7H16O3. The molecule has 3 atom stereocenters. The number of aliphatic hydroxyl groups is 3. The minimum absolute atomic E-state index is 0.470. The van der Waals surface area contributed by atoms with Gasteiger partial charge in [-0.2, -0.15) is 0 Å². The van der Waals surface area contributed by atoms with Crippen molar-refractivity contribution in [2.24, 2.45) is 0 Å². The number of aliphatic hydroxyl groups excluding tert-OH is 3. The van der Waals surface area contributed by atoms with Crippen LogP contribution < -0.4 is 0 Å². The zero-order valence-electron chi connectivity index (χ0n) is 6.49. The molecular weight excluding hydrogens is 132 g/mol. The number of hydrogen-bond acceptors (Lipinski definition) is 3. The van der Waals surface area contributed by atoms with Gasteiger partial charge in [0, 0.05) is 0 Å². The lowest BCUT2D eigenvalue weighted by atomic mass is 10.0. The second kappa shape index (κ2) is 4.66. The summed E-state index contributed by atoms with van der Waals surface area (Å²) in [7, 11) is 0. The van der Waals surface area contributed by atoms with E-state index in [4.69, 9.17) is 15.3 Å². The smallest absolute Gasteiger partial charge is 0.106 e. The molecule has 0 saturated carbocycles. The molecule has 62 valence electrons. The molecule has 0 saturated heterocycles. The van der Waals surface area contributed by atoms with Gasteiger partial charge in [0.05, 0.1) is 12.2 Å². The number of hydrogen-bond donors (Lipinski definition) is 3. The topological polar surface area (TPSA) is 60.7 Å². The Hall–Kier alpha value is -0.120. The van der Waals surface area contributed by atoms with Crippen LogP contribution in [0.2, 0.25) is 0 Å². The van der Waals surface area contributed by atoms with Gasteiger partial charge in [-0.25, -0.2) is 0 Å². The Morgan fingerprint density at radius 2 is 1.20 bits per heavy atom. The first kappa shape index (κ1) is 9.88. The van der Waals surface area contributed by atoms with Gasteiger partial charge < -0.3 is 15.3 Å². The standard InChI is InChI=1S/C7H16O3/c1-3-5(8)7(10)6(9)4-2/h5-10H,3-4H2,1-2H3/t5-,6+,7-. The average Bonchev–Trinajstić information content (AvgIpc) is 2.00. The van der Waals surface area contributed by atoms with E-state index in [2.05, 4.69) is 0 Å². The molecule has 0 aromatic heterocycles. The van der Waals surface area contributed by atoms with Gasteiger partial charge in [0.2, 0.25) is 0 Å². The van der Waals surface area contributed by atoms with Crippen LogP contribution in [0.15, 0.2) is 0 Å². The van der Waals surface area contributed by atoms with Crippen molar-refractivity contribution in [3.05, 3.63) is 0 Å². The summed E-state index contributed by atoms with van der Waals surface area (Å²) in [5.41, 5.74) is 0. The first-order valence-electron chi connectivity index (χ1n) is 3.67. The van der Waals surface area contributed by atoms with E-state index in [1.807, 2.05) is 0 Å². The highest BCUT2D eigenvalue weighted by atomic mass is 16.4. The van der Waals surface area contributed by atoms with Crippen LogP contribution in [0.4, 0.5) is 0 Å². The summed E-state index contributed by atoms with van der Waals surface area (Å²) in [5, 5.41) is 27.1. The molecule has 0 fully saturated rings. The third-order valence-electron chi connectivity index (χ3n) is 1.63. The lowest BCUT2D eigenvalue weighted by Gasteiger charge is -2.20. The molecule has 3 heteroatoms. The van der Waals surface area contributed by atoms with Gasteiger partial charge in [0.1, 0.15) is 6.10 Å². The zero-order valence-corrected chi connectivity index (χ0v) is 6.49. The molecule has 0 amide bonds. The first-order valence-corrected chi connectivity index (χ1v) is 3.67. The second-order valence-corrected chi connectivity index (χ2v) is 2.44. The summed E-state index contributed by atoms with van der Waals surface area (Å²) >= 11 is 0. The summed E-state index contributed by atoms with van der Waals surface area (Å²) in [4.78, 5) is 0. The molecule has 0 aliphatic heterocycles. The predicted octanol–water partition coefficient (Wildman–Crippen LogP) is -0.111. The SMILES string of the molecule is CC[C@@H](O)[C@@H](O)[C@@H](O)CC. The zero-order chi connectivity index (χ0) is 8.15. The van der Waals surface area contributed by atoms with Crippen molar-refractivity contribution >= 4 is 0 Å². The maximum absolute atomic E-state index is 9.09. The van der Waals surface area contributed by atoms with E-state index in [0.29, 0.717) is 12.8 Å². The number of rotatable bonds is 4. The molecule has 0 radical (unpaired) electrons. The van der Waals surface area contributed by atoms with Crippen LogP contribution in [0.1, 0.15) is 26.7 Å². The molecule has 0 heterocycles. The summed E-state index contributed by atoms with van der Waals surface area (Å²) in [6, 6.07) is 0. The van der Waals surface area contributed by atoms with Gasteiger partial charge in [0.15, 0.2) is 0 Å². The molecule has 0 aliphatic carbocycles. The van der Waals surface area contributed by atoms with E-state index < -0.39 is 18.3 Å². The monoisotopic (exact) mass is 148 g/mol. The van der Waals surface area contributed by atoms with E-state index >= 15 is 0 Å². The largest absolute Gasteiger partial charge is 0.390 e. The molecule has 0 rings (SSSR count). The van der Waals surface area contributed by atoms with Gasteiger partial charge >= 0.3 is 0 Å². The Morgan fingerprint density at radius 1 is 0.900 bits per heavy atom. The van der Waals surface area contributed by atoms with E-state index in [-0.39, 0.29) is 0 Å². The van der Waals surface area contributed by atoms with Gasteiger partial charge in [-0.15, -0.1) is 0 Å². The molecule has 0 aromatic rings. The lowest BCUT2D eigenvalue weighted by Crippen LogP contribution is -2.36. The minimum atomic E-state index is -0.991. The summed E-state index contributed by atoms with van der Waals surface area (Å²) in [5.74, 6) is 0.